The molecule has 10 heteroatoms. The van der Waals surface area contributed by atoms with Gasteiger partial charge in [-0.05, 0) is 6.07 Å². The van der Waals surface area contributed by atoms with Gasteiger partial charge < -0.3 is 0 Å². The number of nitro benzene ring substituents is 1. The zero-order chi connectivity index (χ0) is 14.8. The maximum absolute atomic E-state index is 11.8. The van der Waals surface area contributed by atoms with Gasteiger partial charge in [0.1, 0.15) is 5.02 Å². The molecule has 0 radical (unpaired) electrons. The summed E-state index contributed by atoms with van der Waals surface area (Å²) >= 11 is 5.63. The van der Waals surface area contributed by atoms with E-state index in [1.807, 2.05) is 0 Å². The van der Waals surface area contributed by atoms with E-state index < -0.39 is 31.3 Å². The molecule has 0 unspecified atom stereocenters. The van der Waals surface area contributed by atoms with Crippen LogP contribution < -0.4 is 11.3 Å². The molecule has 19 heavy (non-hydrogen) atoms. The number of hydrazine groups is 1. The number of carbonyl (C=O) groups is 1. The van der Waals surface area contributed by atoms with Crippen molar-refractivity contribution in [1.29, 1.82) is 0 Å². The molecule has 1 rings (SSSR count). The van der Waals surface area contributed by atoms with Crippen LogP contribution in [-0.4, -0.2) is 25.0 Å². The van der Waals surface area contributed by atoms with E-state index >= 15 is 0 Å². The van der Waals surface area contributed by atoms with Gasteiger partial charge in [0, 0.05) is 6.07 Å². The van der Waals surface area contributed by atoms with Crippen LogP contribution in [0.3, 0.4) is 0 Å². The fourth-order valence-corrected chi connectivity index (χ4v) is 2.67. The number of nitrogen functional groups attached to an aromatic ring is 1. The summed E-state index contributed by atoms with van der Waals surface area (Å²) in [6.07, 6.45) is 0. The van der Waals surface area contributed by atoms with Gasteiger partial charge in [0.05, 0.1) is 21.1 Å². The van der Waals surface area contributed by atoms with Crippen molar-refractivity contribution in [2.45, 2.75) is 11.8 Å². The van der Waals surface area contributed by atoms with Crippen LogP contribution in [0.25, 0.3) is 0 Å². The number of rotatable bonds is 4. The highest BCUT2D eigenvalue weighted by Gasteiger charge is 2.26. The van der Waals surface area contributed by atoms with Crippen molar-refractivity contribution in [2.24, 2.45) is 5.84 Å². The summed E-state index contributed by atoms with van der Waals surface area (Å²) in [5.41, 5.74) is 0.833. The Morgan fingerprint density at radius 2 is 2.11 bits per heavy atom. The van der Waals surface area contributed by atoms with E-state index in [4.69, 9.17) is 17.4 Å². The van der Waals surface area contributed by atoms with Crippen molar-refractivity contribution in [2.75, 3.05) is 5.75 Å². The molecule has 0 atom stereocenters. The zero-order valence-corrected chi connectivity index (χ0v) is 11.3. The second-order valence-electron chi connectivity index (χ2n) is 3.43. The van der Waals surface area contributed by atoms with Crippen LogP contribution in [0.1, 0.15) is 17.3 Å². The van der Waals surface area contributed by atoms with Crippen molar-refractivity contribution in [1.82, 2.24) is 5.43 Å². The van der Waals surface area contributed by atoms with Crippen molar-refractivity contribution in [3.8, 4) is 0 Å². The van der Waals surface area contributed by atoms with Crippen LogP contribution >= 0.6 is 11.6 Å². The number of nitrogens with two attached hydrogens (primary N) is 1. The fourth-order valence-electron chi connectivity index (χ4n) is 1.35. The molecule has 0 heterocycles. The van der Waals surface area contributed by atoms with Gasteiger partial charge in [0.25, 0.3) is 11.6 Å². The Balaban J connectivity index is 3.70. The Labute approximate surface area is 113 Å². The van der Waals surface area contributed by atoms with Gasteiger partial charge in [-0.3, -0.25) is 20.3 Å². The molecular formula is C9H10ClN3O5S. The second kappa shape index (κ2) is 5.51. The molecule has 0 aromatic heterocycles. The molecule has 1 aromatic rings. The molecule has 1 amide bonds. The van der Waals surface area contributed by atoms with Crippen molar-refractivity contribution < 1.29 is 18.1 Å². The van der Waals surface area contributed by atoms with E-state index in [2.05, 4.69) is 0 Å². The average Bonchev–Trinajstić information content (AvgIpc) is 2.36. The first-order chi connectivity index (χ1) is 8.74. The molecule has 104 valence electrons. The third-order valence-corrected chi connectivity index (χ3v) is 4.41. The van der Waals surface area contributed by atoms with E-state index in [0.29, 0.717) is 0 Å². The standard InChI is InChI=1S/C9H10ClN3O5S/c1-2-19(17,18)8-4-7(13(15)16)6(10)3-5(8)9(14)12-11/h3-4H,2,11H2,1H3,(H,12,14). The molecule has 0 fully saturated rings. The number of sulfone groups is 1. The van der Waals surface area contributed by atoms with E-state index in [1.165, 1.54) is 6.92 Å². The lowest BCUT2D eigenvalue weighted by molar-refractivity contribution is -0.384. The lowest BCUT2D eigenvalue weighted by Gasteiger charge is -2.09. The number of nitrogens with one attached hydrogen (secondary N) is 1. The normalized spacial score (nSPS) is 11.1. The molecule has 0 aliphatic rings. The number of hydrogen-bond acceptors (Lipinski definition) is 6. The van der Waals surface area contributed by atoms with Gasteiger partial charge in [0.2, 0.25) is 0 Å². The van der Waals surface area contributed by atoms with Gasteiger partial charge in [-0.25, -0.2) is 14.3 Å². The summed E-state index contributed by atoms with van der Waals surface area (Å²) in [6.45, 7) is 1.35. The molecule has 0 aliphatic heterocycles. The highest BCUT2D eigenvalue weighted by atomic mass is 35.5. The Bertz CT molecular complexity index is 644. The average molecular weight is 308 g/mol. The monoisotopic (exact) mass is 307 g/mol. The zero-order valence-electron chi connectivity index (χ0n) is 9.71. The molecule has 0 spiro atoms. The predicted octanol–water partition coefficient (Wildman–Crippen LogP) is 0.645. The Morgan fingerprint density at radius 3 is 2.53 bits per heavy atom. The molecule has 0 saturated carbocycles. The highest BCUT2D eigenvalue weighted by Crippen LogP contribution is 2.31. The summed E-state index contributed by atoms with van der Waals surface area (Å²) in [6, 6.07) is 1.66. The molecule has 0 aliphatic carbocycles. The number of nitro groups is 1. The smallest absolute Gasteiger partial charge is 0.289 e. The van der Waals surface area contributed by atoms with Crippen LogP contribution in [0, 0.1) is 10.1 Å². The van der Waals surface area contributed by atoms with Crippen LogP contribution in [-0.2, 0) is 9.84 Å². The first-order valence-corrected chi connectivity index (χ1v) is 6.99. The van der Waals surface area contributed by atoms with Crippen LogP contribution in [0.4, 0.5) is 5.69 Å². The lowest BCUT2D eigenvalue weighted by atomic mass is 10.2. The van der Waals surface area contributed by atoms with Crippen molar-refractivity contribution in [3.63, 3.8) is 0 Å². The largest absolute Gasteiger partial charge is 0.290 e. The summed E-state index contributed by atoms with van der Waals surface area (Å²) < 4.78 is 23.7. The third kappa shape index (κ3) is 3.00. The second-order valence-corrected chi connectivity index (χ2v) is 6.09. The quantitative estimate of drug-likeness (QED) is 0.363. The van der Waals surface area contributed by atoms with Crippen molar-refractivity contribution >= 4 is 33.0 Å². The Hall–Kier alpha value is -1.71. The minimum atomic E-state index is -3.84. The molecule has 8 nitrogen and oxygen atoms in total. The summed E-state index contributed by atoms with van der Waals surface area (Å²) in [5.74, 6) is 3.71. The third-order valence-electron chi connectivity index (χ3n) is 2.34. The summed E-state index contributed by atoms with van der Waals surface area (Å²) in [5, 5.41) is 10.4. The van der Waals surface area contributed by atoms with Gasteiger partial charge in [-0.2, -0.15) is 0 Å². The first-order valence-electron chi connectivity index (χ1n) is 4.96. The highest BCUT2D eigenvalue weighted by molar-refractivity contribution is 7.91. The summed E-state index contributed by atoms with van der Waals surface area (Å²) in [7, 11) is -3.84. The molecular weight excluding hydrogens is 298 g/mol. The van der Waals surface area contributed by atoms with Gasteiger partial charge >= 0.3 is 0 Å². The Kier molecular flexibility index (Phi) is 4.45. The van der Waals surface area contributed by atoms with Gasteiger partial charge in [0.15, 0.2) is 9.84 Å². The number of carbonyl (C=O) groups excluding carboxylic acids is 1. The van der Waals surface area contributed by atoms with Gasteiger partial charge in [-0.1, -0.05) is 18.5 Å². The first kappa shape index (κ1) is 15.3. The number of nitrogens with zero attached hydrogens (tertiary/aromatic N) is 1. The molecule has 1 aromatic carbocycles. The van der Waals surface area contributed by atoms with Crippen LogP contribution in [0.2, 0.25) is 5.02 Å². The van der Waals surface area contributed by atoms with E-state index in [9.17, 15) is 23.3 Å². The Morgan fingerprint density at radius 1 is 1.53 bits per heavy atom. The molecule has 0 saturated heterocycles. The van der Waals surface area contributed by atoms with Gasteiger partial charge in [-0.15, -0.1) is 0 Å². The number of benzene rings is 1. The van der Waals surface area contributed by atoms with Crippen LogP contribution in [0.5, 0.6) is 0 Å². The lowest BCUT2D eigenvalue weighted by Crippen LogP contribution is -2.31. The fraction of sp³-hybridized carbons (Fsp3) is 0.222. The maximum atomic E-state index is 11.8. The molecule has 0 bridgehead atoms. The maximum Gasteiger partial charge on any atom is 0.289 e. The topological polar surface area (TPSA) is 132 Å². The van der Waals surface area contributed by atoms with E-state index in [-0.39, 0.29) is 16.3 Å². The SMILES string of the molecule is CCS(=O)(=O)c1cc([N+](=O)[O-])c(Cl)cc1C(=O)NN. The number of halogens is 1. The number of amides is 1. The van der Waals surface area contributed by atoms with E-state index in [1.54, 1.807) is 5.43 Å². The minimum Gasteiger partial charge on any atom is -0.290 e. The molecule has 3 N–H and O–H groups in total. The minimum absolute atomic E-state index is 0.323. The number of hydrogen-bond donors (Lipinski definition) is 2. The predicted molar refractivity (Wildman–Crippen MR) is 67.5 cm³/mol. The summed E-state index contributed by atoms with van der Waals surface area (Å²) in [4.78, 5) is 20.9. The van der Waals surface area contributed by atoms with E-state index in [0.717, 1.165) is 12.1 Å². The van der Waals surface area contributed by atoms with Crippen LogP contribution in [0.15, 0.2) is 17.0 Å². The van der Waals surface area contributed by atoms with Crippen molar-refractivity contribution in [3.05, 3.63) is 32.8 Å².